The molecule has 0 amide bonds. The third kappa shape index (κ3) is 4.25. The van der Waals surface area contributed by atoms with Crippen molar-refractivity contribution in [1.82, 2.24) is 9.97 Å². The van der Waals surface area contributed by atoms with Crippen molar-refractivity contribution in [2.24, 2.45) is 0 Å². The first-order valence-corrected chi connectivity index (χ1v) is 6.77. The average molecular weight is 372 g/mol. The Kier molecular flexibility index (Phi) is 7.24. The Morgan fingerprint density at radius 3 is 1.33 bits per heavy atom. The second-order valence-electron chi connectivity index (χ2n) is 4.66. The van der Waals surface area contributed by atoms with E-state index in [1.807, 2.05) is 36.4 Å². The zero-order valence-corrected chi connectivity index (χ0v) is 15.8. The van der Waals surface area contributed by atoms with Gasteiger partial charge in [0.1, 0.15) is 0 Å². The van der Waals surface area contributed by atoms with Crippen LogP contribution in [0.4, 0.5) is 0 Å². The number of rotatable bonds is 0. The average Bonchev–Trinajstić information content (AvgIpc) is 2.57. The van der Waals surface area contributed by atoms with Crippen molar-refractivity contribution in [3.63, 3.8) is 0 Å². The number of fused-ring (bicyclic) bond motifs is 2. The van der Waals surface area contributed by atoms with E-state index in [0.29, 0.717) is 11.0 Å². The van der Waals surface area contributed by atoms with Crippen LogP contribution >= 0.6 is 0 Å². The van der Waals surface area contributed by atoms with Gasteiger partial charge < -0.3 is 15.7 Å². The predicted octanol–water partition coefficient (Wildman–Crippen LogP) is 1.79. The summed E-state index contributed by atoms with van der Waals surface area (Å²) in [5, 5.41) is 24.0. The predicted molar refractivity (Wildman–Crippen MR) is 86.0 cm³/mol. The van der Waals surface area contributed by atoms with Crippen molar-refractivity contribution >= 4 is 21.8 Å². The van der Waals surface area contributed by atoms with Crippen LogP contribution in [0.1, 0.15) is 0 Å². The maximum atomic E-state index is 11.1. The molecular formula is C18H14N2O3Zn. The molecule has 0 aliphatic carbocycles. The van der Waals surface area contributed by atoms with Crippen molar-refractivity contribution in [2.45, 2.75) is 0 Å². The number of benzene rings is 2. The van der Waals surface area contributed by atoms with E-state index in [-0.39, 0.29) is 36.5 Å². The number of hydrogen-bond acceptors (Lipinski definition) is 4. The van der Waals surface area contributed by atoms with Gasteiger partial charge in [0, 0.05) is 12.4 Å². The summed E-state index contributed by atoms with van der Waals surface area (Å²) >= 11 is 0. The minimum atomic E-state index is -0.0110. The number of para-hydroxylation sites is 2. The topological polar surface area (TPSA) is 103 Å². The van der Waals surface area contributed by atoms with E-state index >= 15 is 0 Å². The number of pyridine rings is 2. The molecule has 2 heterocycles. The van der Waals surface area contributed by atoms with Gasteiger partial charge in [-0.15, -0.1) is 0 Å². The molecule has 0 spiro atoms. The molecule has 24 heavy (non-hydrogen) atoms. The summed E-state index contributed by atoms with van der Waals surface area (Å²) in [7, 11) is 0. The fourth-order valence-corrected chi connectivity index (χ4v) is 2.15. The maximum absolute atomic E-state index is 11.1. The Labute approximate surface area is 151 Å². The van der Waals surface area contributed by atoms with E-state index in [0.717, 1.165) is 10.8 Å². The van der Waals surface area contributed by atoms with Gasteiger partial charge in [0.15, 0.2) is 0 Å². The molecule has 0 radical (unpaired) electrons. The van der Waals surface area contributed by atoms with Gasteiger partial charge in [0.05, 0.1) is 11.0 Å². The van der Waals surface area contributed by atoms with E-state index in [9.17, 15) is 10.2 Å². The molecule has 0 saturated heterocycles. The molecule has 0 saturated carbocycles. The van der Waals surface area contributed by atoms with Crippen LogP contribution in [-0.4, -0.2) is 15.4 Å². The molecule has 2 aromatic heterocycles. The van der Waals surface area contributed by atoms with E-state index in [2.05, 4.69) is 9.97 Å². The second kappa shape index (κ2) is 8.91. The van der Waals surface area contributed by atoms with Crippen LogP contribution in [0.15, 0.2) is 73.1 Å². The molecule has 0 aliphatic heterocycles. The van der Waals surface area contributed by atoms with Gasteiger partial charge in [0.2, 0.25) is 0 Å². The first-order valence-electron chi connectivity index (χ1n) is 6.77. The van der Waals surface area contributed by atoms with E-state index in [1.165, 1.54) is 12.1 Å². The summed E-state index contributed by atoms with van der Waals surface area (Å²) in [5.41, 5.74) is 1.10. The summed E-state index contributed by atoms with van der Waals surface area (Å²) in [6.45, 7) is 0. The van der Waals surface area contributed by atoms with Gasteiger partial charge in [-0.3, -0.25) is 9.97 Å². The first-order chi connectivity index (χ1) is 10.8. The van der Waals surface area contributed by atoms with Gasteiger partial charge in [0.25, 0.3) is 0 Å². The van der Waals surface area contributed by atoms with Crippen molar-refractivity contribution in [2.75, 3.05) is 0 Å². The normalized spacial score (nSPS) is 9.33. The van der Waals surface area contributed by atoms with Gasteiger partial charge >= 0.3 is 19.5 Å². The van der Waals surface area contributed by atoms with Crippen molar-refractivity contribution in [3.8, 4) is 11.5 Å². The van der Waals surface area contributed by atoms with Crippen molar-refractivity contribution in [3.05, 3.63) is 73.1 Å². The molecule has 2 N–H and O–H groups in total. The molecule has 4 rings (SSSR count). The monoisotopic (exact) mass is 370 g/mol. The summed E-state index contributed by atoms with van der Waals surface area (Å²) in [4.78, 5) is 7.94. The minimum Gasteiger partial charge on any atom is -0.871 e. The van der Waals surface area contributed by atoms with Crippen LogP contribution in [-0.2, 0) is 19.5 Å². The third-order valence-electron chi connectivity index (χ3n) is 3.19. The smallest absolute Gasteiger partial charge is 0.871 e. The number of aromatic nitrogens is 2. The quantitative estimate of drug-likeness (QED) is 0.439. The standard InChI is InChI=1S/2C9H7NO.H2O.Zn/c2*11-8-5-1-3-7-4-2-6-10-9(7)8;;/h2*1-6,11H;1H2;/q;;;+2/p-2. The van der Waals surface area contributed by atoms with Crippen LogP contribution in [0.5, 0.6) is 11.5 Å². The second-order valence-corrected chi connectivity index (χ2v) is 4.66. The molecule has 0 aliphatic rings. The summed E-state index contributed by atoms with van der Waals surface area (Å²) in [5.74, 6) is -0.0220. The number of hydrogen-bond donors (Lipinski definition) is 0. The Bertz CT molecular complexity index is 844. The number of nitrogens with zero attached hydrogens (tertiary/aromatic N) is 2. The molecule has 116 valence electrons. The first kappa shape index (κ1) is 19.5. The molecule has 4 aromatic rings. The third-order valence-corrected chi connectivity index (χ3v) is 3.19. The Hall–Kier alpha value is -2.56. The Morgan fingerprint density at radius 1 is 0.583 bits per heavy atom. The molecule has 0 unspecified atom stereocenters. The summed E-state index contributed by atoms with van der Waals surface area (Å²) in [6.07, 6.45) is 3.26. The van der Waals surface area contributed by atoms with Gasteiger partial charge in [-0.05, 0) is 22.9 Å². The largest absolute Gasteiger partial charge is 2.00 e. The fourth-order valence-electron chi connectivity index (χ4n) is 2.15. The summed E-state index contributed by atoms with van der Waals surface area (Å²) in [6, 6.07) is 17.7. The van der Waals surface area contributed by atoms with Crippen LogP contribution < -0.4 is 10.2 Å². The van der Waals surface area contributed by atoms with Crippen molar-refractivity contribution in [1.29, 1.82) is 0 Å². The Morgan fingerprint density at radius 2 is 0.958 bits per heavy atom. The molecule has 6 heteroatoms. The van der Waals surface area contributed by atoms with Gasteiger partial charge in [-0.2, -0.15) is 0 Å². The van der Waals surface area contributed by atoms with Gasteiger partial charge in [-0.1, -0.05) is 60.0 Å². The minimum absolute atomic E-state index is 0. The molecule has 0 atom stereocenters. The fraction of sp³-hybridized carbons (Fsp3) is 0. The molecular weight excluding hydrogens is 358 g/mol. The van der Waals surface area contributed by atoms with Gasteiger partial charge in [-0.25, -0.2) is 0 Å². The molecule has 5 nitrogen and oxygen atoms in total. The molecule has 2 aromatic carbocycles. The maximum Gasteiger partial charge on any atom is 2.00 e. The van der Waals surface area contributed by atoms with Crippen LogP contribution in [0, 0.1) is 0 Å². The zero-order chi connectivity index (χ0) is 15.4. The molecule has 0 bridgehead atoms. The van der Waals surface area contributed by atoms with E-state index in [4.69, 9.17) is 0 Å². The van der Waals surface area contributed by atoms with E-state index in [1.54, 1.807) is 24.5 Å². The Balaban J connectivity index is 0.000000222. The van der Waals surface area contributed by atoms with Crippen LogP contribution in [0.3, 0.4) is 0 Å². The van der Waals surface area contributed by atoms with Crippen LogP contribution in [0.2, 0.25) is 0 Å². The SMILES string of the molecule is O.[O-]c1cccc2cccnc12.[O-]c1cccc2cccnc12.[Zn+2]. The van der Waals surface area contributed by atoms with Crippen molar-refractivity contribution < 1.29 is 35.2 Å². The summed E-state index contributed by atoms with van der Waals surface area (Å²) < 4.78 is 0. The molecule has 0 fully saturated rings. The van der Waals surface area contributed by atoms with E-state index < -0.39 is 0 Å². The zero-order valence-electron chi connectivity index (χ0n) is 12.8. The van der Waals surface area contributed by atoms with Crippen LogP contribution in [0.25, 0.3) is 21.8 Å².